The van der Waals surface area contributed by atoms with Crippen LogP contribution in [0.2, 0.25) is 0 Å². The van der Waals surface area contributed by atoms with Gasteiger partial charge in [0.25, 0.3) is 0 Å². The van der Waals surface area contributed by atoms with E-state index in [1.54, 1.807) is 38.5 Å². The van der Waals surface area contributed by atoms with Crippen LogP contribution in [0.4, 0.5) is 5.69 Å². The second-order valence-corrected chi connectivity index (χ2v) is 9.97. The van der Waals surface area contributed by atoms with Gasteiger partial charge in [-0.05, 0) is 73.0 Å². The van der Waals surface area contributed by atoms with Crippen LogP contribution in [0.25, 0.3) is 11.1 Å². The maximum absolute atomic E-state index is 13.3. The molecule has 0 bridgehead atoms. The first-order valence-corrected chi connectivity index (χ1v) is 12.6. The van der Waals surface area contributed by atoms with Crippen molar-refractivity contribution in [3.63, 3.8) is 0 Å². The van der Waals surface area contributed by atoms with Gasteiger partial charge in [0, 0.05) is 17.8 Å². The third kappa shape index (κ3) is 5.11. The zero-order chi connectivity index (χ0) is 25.0. The van der Waals surface area contributed by atoms with Gasteiger partial charge >= 0.3 is 0 Å². The zero-order valence-corrected chi connectivity index (χ0v) is 20.7. The molecule has 1 fully saturated rings. The summed E-state index contributed by atoms with van der Waals surface area (Å²) >= 11 is 0. The van der Waals surface area contributed by atoms with Gasteiger partial charge in [-0.1, -0.05) is 12.1 Å². The van der Waals surface area contributed by atoms with E-state index in [4.69, 9.17) is 14.2 Å². The Balaban J connectivity index is 1.56. The van der Waals surface area contributed by atoms with Crippen LogP contribution in [0.15, 0.2) is 71.6 Å². The number of benzene rings is 3. The summed E-state index contributed by atoms with van der Waals surface area (Å²) in [5.74, 6) is 1.58. The van der Waals surface area contributed by atoms with Crippen LogP contribution in [-0.4, -0.2) is 52.5 Å². The van der Waals surface area contributed by atoms with Crippen molar-refractivity contribution in [3.05, 3.63) is 66.7 Å². The molecule has 3 aromatic rings. The van der Waals surface area contributed by atoms with E-state index in [1.807, 2.05) is 30.3 Å². The molecule has 1 aliphatic rings. The van der Waals surface area contributed by atoms with E-state index in [2.05, 4.69) is 5.32 Å². The maximum atomic E-state index is 13.3. The molecular weight excluding hydrogens is 468 g/mol. The van der Waals surface area contributed by atoms with E-state index in [-0.39, 0.29) is 17.3 Å². The lowest BCUT2D eigenvalue weighted by Gasteiger charge is -2.23. The van der Waals surface area contributed by atoms with Gasteiger partial charge in [-0.25, -0.2) is 8.42 Å². The van der Waals surface area contributed by atoms with Gasteiger partial charge in [-0.2, -0.15) is 4.31 Å². The van der Waals surface area contributed by atoms with Crippen LogP contribution in [0.1, 0.15) is 12.8 Å². The number of hydrogen-bond acceptors (Lipinski definition) is 6. The molecule has 0 aliphatic carbocycles. The largest absolute Gasteiger partial charge is 0.497 e. The second kappa shape index (κ2) is 10.4. The van der Waals surface area contributed by atoms with E-state index in [9.17, 15) is 13.2 Å². The fourth-order valence-corrected chi connectivity index (χ4v) is 5.84. The summed E-state index contributed by atoms with van der Waals surface area (Å²) in [5.41, 5.74) is 2.24. The predicted molar refractivity (Wildman–Crippen MR) is 134 cm³/mol. The first-order valence-electron chi connectivity index (χ1n) is 11.2. The number of nitrogens with zero attached hydrogens (tertiary/aromatic N) is 1. The molecule has 0 unspecified atom stereocenters. The minimum absolute atomic E-state index is 0.129. The molecule has 3 aromatic carbocycles. The van der Waals surface area contributed by atoms with Crippen molar-refractivity contribution in [2.24, 2.45) is 0 Å². The number of carbonyl (C=O) groups excluding carboxylic acids is 1. The summed E-state index contributed by atoms with van der Waals surface area (Å²) < 4.78 is 43.6. The average Bonchev–Trinajstić information content (AvgIpc) is 3.40. The fraction of sp³-hybridized carbons (Fsp3) is 0.269. The van der Waals surface area contributed by atoms with Crippen molar-refractivity contribution < 1.29 is 27.4 Å². The summed E-state index contributed by atoms with van der Waals surface area (Å²) in [6.07, 6.45) is 1.05. The molecule has 0 radical (unpaired) electrons. The number of carbonyl (C=O) groups is 1. The molecule has 184 valence electrons. The third-order valence-corrected chi connectivity index (χ3v) is 7.96. The van der Waals surface area contributed by atoms with Crippen LogP contribution >= 0.6 is 0 Å². The number of nitrogens with one attached hydrogen (secondary N) is 1. The van der Waals surface area contributed by atoms with Gasteiger partial charge in [0.15, 0.2) is 0 Å². The van der Waals surface area contributed by atoms with Crippen molar-refractivity contribution in [2.75, 3.05) is 33.2 Å². The lowest BCUT2D eigenvalue weighted by molar-refractivity contribution is -0.119. The minimum atomic E-state index is -3.83. The lowest BCUT2D eigenvalue weighted by atomic mass is 10.0. The number of methoxy groups -OCH3 is 3. The Kier molecular flexibility index (Phi) is 7.28. The Bertz CT molecular complexity index is 1290. The lowest BCUT2D eigenvalue weighted by Crippen LogP contribution is -2.43. The molecule has 1 N–H and O–H groups in total. The molecule has 1 heterocycles. The highest BCUT2D eigenvalue weighted by Crippen LogP contribution is 2.34. The monoisotopic (exact) mass is 496 g/mol. The summed E-state index contributed by atoms with van der Waals surface area (Å²) in [4.78, 5) is 13.3. The summed E-state index contributed by atoms with van der Waals surface area (Å²) in [5, 5.41) is 2.89. The number of ether oxygens (including phenoxy) is 3. The summed E-state index contributed by atoms with van der Waals surface area (Å²) in [6, 6.07) is 18.2. The van der Waals surface area contributed by atoms with E-state index >= 15 is 0 Å². The van der Waals surface area contributed by atoms with Crippen LogP contribution in [0, 0.1) is 0 Å². The quantitative estimate of drug-likeness (QED) is 0.503. The van der Waals surface area contributed by atoms with E-state index < -0.39 is 16.1 Å². The minimum Gasteiger partial charge on any atom is -0.497 e. The Morgan fingerprint density at radius 3 is 2.11 bits per heavy atom. The number of amides is 1. The van der Waals surface area contributed by atoms with Crippen LogP contribution < -0.4 is 19.5 Å². The molecule has 8 nitrogen and oxygen atoms in total. The Hall–Kier alpha value is -3.56. The van der Waals surface area contributed by atoms with Gasteiger partial charge in [0.1, 0.15) is 23.3 Å². The predicted octanol–water partition coefficient (Wildman–Crippen LogP) is 4.17. The number of sulfonamides is 1. The van der Waals surface area contributed by atoms with E-state index in [0.29, 0.717) is 30.0 Å². The normalized spacial score (nSPS) is 16.0. The molecule has 0 saturated carbocycles. The standard InChI is InChI=1S/C26H28N2O6S/c1-32-20-9-6-18(7-10-20)23-17-19(8-15-25(23)34-3)27-26(29)24-5-4-16-28(24)35(30,31)22-13-11-21(33-2)12-14-22/h6-15,17,24H,4-5,16H2,1-3H3,(H,27,29)/t24-/m1/s1. The fourth-order valence-electron chi connectivity index (χ4n) is 4.18. The third-order valence-electron chi connectivity index (χ3n) is 6.04. The number of rotatable bonds is 8. The molecule has 9 heteroatoms. The van der Waals surface area contributed by atoms with Crippen LogP contribution in [0.5, 0.6) is 17.2 Å². The maximum Gasteiger partial charge on any atom is 0.243 e. The molecule has 1 atom stereocenters. The van der Waals surface area contributed by atoms with Gasteiger partial charge in [-0.3, -0.25) is 4.79 Å². The Labute approximate surface area is 205 Å². The van der Waals surface area contributed by atoms with Crippen molar-refractivity contribution in [2.45, 2.75) is 23.8 Å². The molecule has 4 rings (SSSR count). The van der Waals surface area contributed by atoms with Gasteiger partial charge in [0.2, 0.25) is 15.9 Å². The first-order chi connectivity index (χ1) is 16.9. The average molecular weight is 497 g/mol. The van der Waals surface area contributed by atoms with Crippen molar-refractivity contribution in [1.82, 2.24) is 4.31 Å². The van der Waals surface area contributed by atoms with E-state index in [0.717, 1.165) is 16.9 Å². The van der Waals surface area contributed by atoms with Crippen LogP contribution in [-0.2, 0) is 14.8 Å². The smallest absolute Gasteiger partial charge is 0.243 e. The molecule has 1 amide bonds. The summed E-state index contributed by atoms with van der Waals surface area (Å²) in [6.45, 7) is 0.284. The molecule has 0 spiro atoms. The summed E-state index contributed by atoms with van der Waals surface area (Å²) in [7, 11) is 0.872. The number of hydrogen-bond donors (Lipinski definition) is 1. The highest BCUT2D eigenvalue weighted by Gasteiger charge is 2.39. The SMILES string of the molecule is COc1ccc(-c2cc(NC(=O)[C@H]3CCCN3S(=O)(=O)c3ccc(OC)cc3)ccc2OC)cc1. The topological polar surface area (TPSA) is 94.2 Å². The molecular formula is C26H28N2O6S. The molecule has 0 aromatic heterocycles. The first kappa shape index (κ1) is 24.6. The Morgan fingerprint density at radius 1 is 0.886 bits per heavy atom. The van der Waals surface area contributed by atoms with Gasteiger partial charge < -0.3 is 19.5 Å². The Morgan fingerprint density at radius 2 is 1.51 bits per heavy atom. The number of anilines is 1. The highest BCUT2D eigenvalue weighted by molar-refractivity contribution is 7.89. The molecule has 35 heavy (non-hydrogen) atoms. The van der Waals surface area contributed by atoms with Crippen LogP contribution in [0.3, 0.4) is 0 Å². The van der Waals surface area contributed by atoms with Gasteiger partial charge in [-0.15, -0.1) is 0 Å². The van der Waals surface area contributed by atoms with Crippen molar-refractivity contribution >= 4 is 21.6 Å². The van der Waals surface area contributed by atoms with Gasteiger partial charge in [0.05, 0.1) is 26.2 Å². The highest BCUT2D eigenvalue weighted by atomic mass is 32.2. The molecule has 1 aliphatic heterocycles. The molecule has 1 saturated heterocycles. The van der Waals surface area contributed by atoms with Crippen molar-refractivity contribution in [1.29, 1.82) is 0 Å². The second-order valence-electron chi connectivity index (χ2n) is 8.08. The zero-order valence-electron chi connectivity index (χ0n) is 19.9. The van der Waals surface area contributed by atoms with E-state index in [1.165, 1.54) is 23.5 Å². The van der Waals surface area contributed by atoms with Crippen molar-refractivity contribution in [3.8, 4) is 28.4 Å².